The van der Waals surface area contributed by atoms with Gasteiger partial charge in [-0.15, -0.1) is 0 Å². The maximum absolute atomic E-state index is 13.7. The van der Waals surface area contributed by atoms with Crippen molar-refractivity contribution in [1.82, 2.24) is 0 Å². The molecule has 0 atom stereocenters. The van der Waals surface area contributed by atoms with E-state index >= 15 is 0 Å². The Balaban J connectivity index is 3.71. The van der Waals surface area contributed by atoms with Gasteiger partial charge in [0.05, 0.1) is 7.11 Å². The van der Waals surface area contributed by atoms with E-state index in [1.807, 2.05) is 0 Å². The van der Waals surface area contributed by atoms with Gasteiger partial charge in [-0.2, -0.15) is 0 Å². The van der Waals surface area contributed by atoms with Gasteiger partial charge in [0.15, 0.2) is 12.6 Å². The molecule has 104 valence electrons. The van der Waals surface area contributed by atoms with Crippen LogP contribution in [0.4, 0.5) is 4.39 Å². The minimum atomic E-state index is -4.32. The molecule has 0 aromatic heterocycles. The fourth-order valence-electron chi connectivity index (χ4n) is 1.35. The second kappa shape index (κ2) is 5.24. The molecule has 0 radical (unpaired) electrons. The van der Waals surface area contributed by atoms with Crippen LogP contribution in [0.25, 0.3) is 0 Å². The lowest BCUT2D eigenvalue weighted by Gasteiger charge is -2.17. The Morgan fingerprint density at radius 3 is 2.26 bits per heavy atom. The predicted octanol–water partition coefficient (Wildman–Crippen LogP) is 0.347. The summed E-state index contributed by atoms with van der Waals surface area (Å²) in [6, 6.07) is 1.17. The van der Waals surface area contributed by atoms with Crippen LogP contribution in [0.5, 0.6) is 5.75 Å². The van der Waals surface area contributed by atoms with E-state index < -0.39 is 36.7 Å². The highest BCUT2D eigenvalue weighted by molar-refractivity contribution is 8.13. The molecule has 0 heterocycles. The van der Waals surface area contributed by atoms with E-state index in [0.29, 0.717) is 12.1 Å². The van der Waals surface area contributed by atoms with E-state index in [0.717, 1.165) is 7.11 Å². The van der Waals surface area contributed by atoms with Crippen LogP contribution in [0.2, 0.25) is 0 Å². The van der Waals surface area contributed by atoms with Crippen molar-refractivity contribution in [3.8, 4) is 5.75 Å². The summed E-state index contributed by atoms with van der Waals surface area (Å²) < 4.78 is 40.9. The molecule has 1 aromatic rings. The normalized spacial score (nSPS) is 12.0. The van der Waals surface area contributed by atoms with E-state index in [1.54, 1.807) is 0 Å². The number of methoxy groups -OCH3 is 1. The zero-order chi connectivity index (χ0) is 14.8. The van der Waals surface area contributed by atoms with Crippen LogP contribution in [0.15, 0.2) is 17.0 Å². The number of benzene rings is 1. The van der Waals surface area contributed by atoms with E-state index in [9.17, 15) is 27.5 Å². The lowest BCUT2D eigenvalue weighted by atomic mass is 9.96. The first kappa shape index (κ1) is 15.5. The lowest BCUT2D eigenvalue weighted by Crippen LogP contribution is -2.30. The van der Waals surface area contributed by atoms with Gasteiger partial charge < -0.3 is 9.84 Å². The first-order valence-electron chi connectivity index (χ1n) is 4.67. The van der Waals surface area contributed by atoms with E-state index in [-0.39, 0.29) is 12.6 Å². The van der Waals surface area contributed by atoms with Crippen LogP contribution in [0, 0.1) is 5.82 Å². The summed E-state index contributed by atoms with van der Waals surface area (Å²) in [4.78, 5) is 20.7. The maximum Gasteiger partial charge on any atom is 0.264 e. The van der Waals surface area contributed by atoms with E-state index in [2.05, 4.69) is 4.74 Å². The Hall–Kier alpha value is -1.51. The Labute approximate surface area is 112 Å². The molecule has 19 heavy (non-hydrogen) atoms. The Morgan fingerprint density at radius 2 is 1.89 bits per heavy atom. The van der Waals surface area contributed by atoms with E-state index in [1.165, 1.54) is 0 Å². The van der Waals surface area contributed by atoms with Crippen LogP contribution in [-0.4, -0.2) is 33.2 Å². The monoisotopic (exact) mass is 310 g/mol. The summed E-state index contributed by atoms with van der Waals surface area (Å²) in [6.07, 6.45) is -0.453. The number of carbonyl (C=O) groups is 2. The highest BCUT2D eigenvalue weighted by Crippen LogP contribution is 2.33. The molecule has 0 saturated heterocycles. The predicted molar refractivity (Wildman–Crippen MR) is 62.0 cm³/mol. The molecule has 6 nitrogen and oxygen atoms in total. The van der Waals surface area contributed by atoms with Crippen molar-refractivity contribution in [2.45, 2.75) is 10.5 Å². The summed E-state index contributed by atoms with van der Waals surface area (Å²) in [6.45, 7) is 0. The third kappa shape index (κ3) is 2.91. The fourth-order valence-corrected chi connectivity index (χ4v) is 2.35. The minimum Gasteiger partial charge on any atom is -0.495 e. The second-order valence-corrected chi connectivity index (χ2v) is 6.02. The fraction of sp³-hybridized carbons (Fsp3) is 0.200. The standard InChI is InChI=1S/C10H8ClFO6S/c1-18-8-3-7(12)6(10(15,4-13)5-14)2-9(8)19(11,16)17/h2-5,15H,1H3. The zero-order valence-electron chi connectivity index (χ0n) is 9.46. The van der Waals surface area contributed by atoms with Gasteiger partial charge in [-0.25, -0.2) is 12.8 Å². The number of ether oxygens (including phenoxy) is 1. The number of aldehydes is 2. The average Bonchev–Trinajstić information content (AvgIpc) is 2.35. The molecule has 0 bridgehead atoms. The maximum atomic E-state index is 13.7. The van der Waals surface area contributed by atoms with Crippen LogP contribution in [0.3, 0.4) is 0 Å². The number of carbonyl (C=O) groups excluding carboxylic acids is 2. The summed E-state index contributed by atoms with van der Waals surface area (Å²) in [5.74, 6) is -1.61. The summed E-state index contributed by atoms with van der Waals surface area (Å²) in [7, 11) is 1.87. The highest BCUT2D eigenvalue weighted by Gasteiger charge is 2.34. The van der Waals surface area contributed by atoms with Gasteiger partial charge in [-0.05, 0) is 6.07 Å². The van der Waals surface area contributed by atoms with E-state index in [4.69, 9.17) is 10.7 Å². The molecule has 0 amide bonds. The molecular weight excluding hydrogens is 303 g/mol. The molecule has 0 unspecified atom stereocenters. The molecule has 0 saturated carbocycles. The first-order valence-corrected chi connectivity index (χ1v) is 6.98. The lowest BCUT2D eigenvalue weighted by molar-refractivity contribution is -0.136. The zero-order valence-corrected chi connectivity index (χ0v) is 11.0. The van der Waals surface area contributed by atoms with Gasteiger partial charge in [0.2, 0.25) is 5.60 Å². The third-order valence-electron chi connectivity index (χ3n) is 2.31. The number of halogens is 2. The molecular formula is C10H8ClFO6S. The van der Waals surface area contributed by atoms with Crippen LogP contribution in [-0.2, 0) is 24.2 Å². The Bertz CT molecular complexity index is 619. The molecule has 0 fully saturated rings. The Morgan fingerprint density at radius 1 is 1.37 bits per heavy atom. The number of hydrogen-bond acceptors (Lipinski definition) is 6. The summed E-state index contributed by atoms with van der Waals surface area (Å²) in [5.41, 5.74) is -3.63. The largest absolute Gasteiger partial charge is 0.495 e. The Kier molecular flexibility index (Phi) is 4.28. The molecule has 0 aliphatic heterocycles. The number of rotatable bonds is 5. The van der Waals surface area contributed by atoms with Gasteiger partial charge in [0, 0.05) is 22.3 Å². The molecule has 0 aliphatic rings. The second-order valence-electron chi connectivity index (χ2n) is 3.48. The quantitative estimate of drug-likeness (QED) is 0.479. The molecule has 1 aromatic carbocycles. The highest BCUT2D eigenvalue weighted by atomic mass is 35.7. The van der Waals surface area contributed by atoms with Crippen molar-refractivity contribution in [1.29, 1.82) is 0 Å². The van der Waals surface area contributed by atoms with Crippen LogP contribution >= 0.6 is 10.7 Å². The van der Waals surface area contributed by atoms with Gasteiger partial charge in [-0.1, -0.05) is 0 Å². The molecule has 1 rings (SSSR count). The SMILES string of the molecule is COc1cc(F)c(C(O)(C=O)C=O)cc1S(=O)(=O)Cl. The molecule has 0 aliphatic carbocycles. The molecule has 0 spiro atoms. The van der Waals surface area contributed by atoms with Crippen molar-refractivity contribution in [2.24, 2.45) is 0 Å². The van der Waals surface area contributed by atoms with Crippen molar-refractivity contribution in [3.05, 3.63) is 23.5 Å². The number of hydrogen-bond donors (Lipinski definition) is 1. The van der Waals surface area contributed by atoms with Crippen molar-refractivity contribution in [3.63, 3.8) is 0 Å². The van der Waals surface area contributed by atoms with Gasteiger partial charge >= 0.3 is 0 Å². The van der Waals surface area contributed by atoms with Crippen LogP contribution < -0.4 is 4.74 Å². The first-order chi connectivity index (χ1) is 8.69. The van der Waals surface area contributed by atoms with Crippen molar-refractivity contribution in [2.75, 3.05) is 7.11 Å². The van der Waals surface area contributed by atoms with Gasteiger partial charge in [0.25, 0.3) is 9.05 Å². The van der Waals surface area contributed by atoms with Gasteiger partial charge in [-0.3, -0.25) is 9.59 Å². The van der Waals surface area contributed by atoms with Crippen molar-refractivity contribution < 1.29 is 32.2 Å². The average molecular weight is 311 g/mol. The van der Waals surface area contributed by atoms with Crippen LogP contribution in [0.1, 0.15) is 5.56 Å². The third-order valence-corrected chi connectivity index (χ3v) is 3.65. The number of aliphatic hydroxyl groups is 1. The molecule has 9 heteroatoms. The smallest absolute Gasteiger partial charge is 0.264 e. The minimum absolute atomic E-state index is 0.227. The van der Waals surface area contributed by atoms with Gasteiger partial charge in [0.1, 0.15) is 16.5 Å². The van der Waals surface area contributed by atoms with Crippen molar-refractivity contribution >= 4 is 32.3 Å². The summed E-state index contributed by atoms with van der Waals surface area (Å²) >= 11 is 0. The topological polar surface area (TPSA) is 97.7 Å². The molecule has 1 N–H and O–H groups in total. The summed E-state index contributed by atoms with van der Waals surface area (Å²) in [5, 5.41) is 9.58.